The summed E-state index contributed by atoms with van der Waals surface area (Å²) >= 11 is 0. The number of carbonyl (C=O) groups is 1. The molecule has 232 valence electrons. The quantitative estimate of drug-likeness (QED) is 0.147. The van der Waals surface area contributed by atoms with E-state index in [2.05, 4.69) is 0 Å². The Balaban J connectivity index is 1.64. The van der Waals surface area contributed by atoms with Crippen LogP contribution in [0.15, 0.2) is 57.7 Å². The smallest absolute Gasteiger partial charge is 0.453 e. The summed E-state index contributed by atoms with van der Waals surface area (Å²) in [5.74, 6) is -2.48. The van der Waals surface area contributed by atoms with Crippen LogP contribution in [0.5, 0.6) is 23.0 Å². The van der Waals surface area contributed by atoms with Crippen molar-refractivity contribution in [3.8, 4) is 23.0 Å². The van der Waals surface area contributed by atoms with E-state index in [1.165, 1.54) is 12.1 Å². The normalized spacial score (nSPS) is 14.1. The summed E-state index contributed by atoms with van der Waals surface area (Å²) in [6.07, 6.45) is -2.18. The first-order valence-corrected chi connectivity index (χ1v) is 14.6. The minimum Gasteiger partial charge on any atom is -0.494 e. The molecule has 7 nitrogen and oxygen atoms in total. The topological polar surface area (TPSA) is 78.2 Å². The number of carbonyl (C=O) groups excluding carboxylic acids is 1. The van der Waals surface area contributed by atoms with Crippen molar-refractivity contribution in [2.24, 2.45) is 0 Å². The summed E-state index contributed by atoms with van der Waals surface area (Å²) in [7, 11) is 0. The van der Waals surface area contributed by atoms with Gasteiger partial charge in [0.1, 0.15) is 22.8 Å². The van der Waals surface area contributed by atoms with Crippen LogP contribution in [-0.4, -0.2) is 30.6 Å². The molecule has 0 N–H and O–H groups in total. The van der Waals surface area contributed by atoms with Gasteiger partial charge in [-0.25, -0.2) is 4.79 Å². The first-order valence-electron chi connectivity index (χ1n) is 14.6. The summed E-state index contributed by atoms with van der Waals surface area (Å²) in [5, 5.41) is -0.108. The Bertz CT molecular complexity index is 1740. The molecular weight excluding hydrogens is 575 g/mol. The van der Waals surface area contributed by atoms with E-state index in [0.29, 0.717) is 31.0 Å². The van der Waals surface area contributed by atoms with Gasteiger partial charge >= 0.3 is 12.1 Å². The predicted molar refractivity (Wildman–Crippen MR) is 160 cm³/mol. The Kier molecular flexibility index (Phi) is 9.01. The Morgan fingerprint density at radius 3 is 2.32 bits per heavy atom. The van der Waals surface area contributed by atoms with Crippen LogP contribution in [-0.2, 0) is 12.7 Å². The number of nitrogens with zero attached hydrogens (tertiary/aromatic N) is 1. The van der Waals surface area contributed by atoms with Gasteiger partial charge in [-0.05, 0) is 113 Å². The molecule has 1 aliphatic rings. The van der Waals surface area contributed by atoms with E-state index in [4.69, 9.17) is 18.6 Å². The van der Waals surface area contributed by atoms with E-state index in [-0.39, 0.29) is 40.1 Å². The molecule has 0 saturated carbocycles. The molecule has 44 heavy (non-hydrogen) atoms. The van der Waals surface area contributed by atoms with Gasteiger partial charge < -0.3 is 18.6 Å². The van der Waals surface area contributed by atoms with Gasteiger partial charge in [0.25, 0.3) is 5.76 Å². The summed E-state index contributed by atoms with van der Waals surface area (Å²) in [5.41, 5.74) is 1.32. The molecule has 0 unspecified atom stereocenters. The van der Waals surface area contributed by atoms with Gasteiger partial charge in [-0.15, -0.1) is 0 Å². The van der Waals surface area contributed by atoms with Gasteiger partial charge in [-0.1, -0.05) is 12.5 Å². The van der Waals surface area contributed by atoms with Gasteiger partial charge in [0.2, 0.25) is 11.2 Å². The zero-order valence-corrected chi connectivity index (χ0v) is 25.1. The Hall–Kier alpha value is -4.31. The molecule has 5 rings (SSSR count). The lowest BCUT2D eigenvalue weighted by molar-refractivity contribution is -0.154. The van der Waals surface area contributed by atoms with Crippen molar-refractivity contribution in [3.63, 3.8) is 0 Å². The SMILES string of the molecule is CCOc1ccc(C(=O)Oc2ccc3c(=O)c(Oc4cc(C)cc(C)c4C)c(C(F)(F)F)oc3c2CN2CCCCC2)cc1. The molecule has 0 radical (unpaired) electrons. The number of ether oxygens (including phenoxy) is 3. The zero-order chi connectivity index (χ0) is 31.6. The standard InChI is InChI=1S/C34H34F3NO6/c1-5-41-24-11-9-23(10-12-24)33(40)43-27-14-13-25-29(39)31(42-28-18-20(2)17-21(3)22(28)4)32(34(35,36)37)44-30(25)26(27)19-38-15-7-6-8-16-38/h9-14,17-18H,5-8,15-16,19H2,1-4H3. The molecule has 1 saturated heterocycles. The number of fused-ring (bicyclic) bond motifs is 1. The molecule has 0 amide bonds. The lowest BCUT2D eigenvalue weighted by Crippen LogP contribution is -2.29. The highest BCUT2D eigenvalue weighted by atomic mass is 19.4. The van der Waals surface area contributed by atoms with Gasteiger partial charge in [0.15, 0.2) is 0 Å². The molecule has 10 heteroatoms. The maximum atomic E-state index is 14.5. The van der Waals surface area contributed by atoms with Crippen LogP contribution in [0, 0.1) is 20.8 Å². The fourth-order valence-corrected chi connectivity index (χ4v) is 5.37. The second-order valence-electron chi connectivity index (χ2n) is 11.0. The minimum atomic E-state index is -5.05. The monoisotopic (exact) mass is 609 g/mol. The number of likely N-dealkylation sites (tertiary alicyclic amines) is 1. The van der Waals surface area contributed by atoms with Gasteiger partial charge in [0, 0.05) is 6.54 Å². The van der Waals surface area contributed by atoms with Crippen molar-refractivity contribution in [1.82, 2.24) is 4.90 Å². The molecule has 2 heterocycles. The third-order valence-electron chi connectivity index (χ3n) is 7.75. The molecule has 0 aliphatic carbocycles. The number of hydrogen-bond donors (Lipinski definition) is 0. The number of halogens is 3. The van der Waals surface area contributed by atoms with Crippen LogP contribution >= 0.6 is 0 Å². The van der Waals surface area contributed by atoms with Crippen molar-refractivity contribution in [1.29, 1.82) is 0 Å². The second-order valence-corrected chi connectivity index (χ2v) is 11.0. The number of rotatable bonds is 8. The average molecular weight is 610 g/mol. The first kappa shape index (κ1) is 31.1. The van der Waals surface area contributed by atoms with E-state index in [0.717, 1.165) is 30.4 Å². The lowest BCUT2D eigenvalue weighted by Gasteiger charge is -2.27. The molecule has 1 fully saturated rings. The van der Waals surface area contributed by atoms with E-state index < -0.39 is 29.1 Å². The van der Waals surface area contributed by atoms with Crippen molar-refractivity contribution in [2.75, 3.05) is 19.7 Å². The highest BCUT2D eigenvalue weighted by Gasteiger charge is 2.41. The van der Waals surface area contributed by atoms with Crippen LogP contribution in [0.3, 0.4) is 0 Å². The molecule has 3 aromatic carbocycles. The highest BCUT2D eigenvalue weighted by molar-refractivity contribution is 5.92. The summed E-state index contributed by atoms with van der Waals surface area (Å²) in [6, 6.07) is 12.5. The van der Waals surface area contributed by atoms with Crippen LogP contribution < -0.4 is 19.6 Å². The summed E-state index contributed by atoms with van der Waals surface area (Å²) in [4.78, 5) is 28.9. The van der Waals surface area contributed by atoms with E-state index in [1.54, 1.807) is 44.2 Å². The molecule has 0 spiro atoms. The Labute approximate surface area is 253 Å². The third kappa shape index (κ3) is 6.60. The van der Waals surface area contributed by atoms with Gasteiger partial charge in [0.05, 0.1) is 23.1 Å². The second kappa shape index (κ2) is 12.7. The molecule has 0 bridgehead atoms. The molecule has 1 aromatic heterocycles. The van der Waals surface area contributed by atoms with Crippen molar-refractivity contribution < 1.29 is 36.6 Å². The van der Waals surface area contributed by atoms with E-state index >= 15 is 0 Å². The first-order chi connectivity index (χ1) is 21.0. The van der Waals surface area contributed by atoms with E-state index in [9.17, 15) is 22.8 Å². The Morgan fingerprint density at radius 2 is 1.66 bits per heavy atom. The zero-order valence-electron chi connectivity index (χ0n) is 25.1. The number of hydrogen-bond acceptors (Lipinski definition) is 7. The molecule has 1 aliphatic heterocycles. The average Bonchev–Trinajstić information content (AvgIpc) is 2.98. The van der Waals surface area contributed by atoms with Crippen LogP contribution in [0.25, 0.3) is 11.0 Å². The van der Waals surface area contributed by atoms with Crippen molar-refractivity contribution in [2.45, 2.75) is 59.7 Å². The fourth-order valence-electron chi connectivity index (χ4n) is 5.37. The number of piperidine rings is 1. The van der Waals surface area contributed by atoms with Crippen LogP contribution in [0.2, 0.25) is 0 Å². The maximum absolute atomic E-state index is 14.5. The fraction of sp³-hybridized carbons (Fsp3) is 0.353. The molecule has 4 aromatic rings. The minimum absolute atomic E-state index is 0.0112. The Morgan fingerprint density at radius 1 is 0.955 bits per heavy atom. The molecule has 0 atom stereocenters. The van der Waals surface area contributed by atoms with Crippen molar-refractivity contribution >= 4 is 16.9 Å². The number of aryl methyl sites for hydroxylation is 2. The van der Waals surface area contributed by atoms with E-state index in [1.807, 2.05) is 24.8 Å². The predicted octanol–water partition coefficient (Wildman–Crippen LogP) is 8.13. The van der Waals surface area contributed by atoms with Gasteiger partial charge in [-0.3, -0.25) is 9.69 Å². The summed E-state index contributed by atoms with van der Waals surface area (Å²) < 4.78 is 66.0. The van der Waals surface area contributed by atoms with Crippen LogP contribution in [0.1, 0.15) is 64.6 Å². The third-order valence-corrected chi connectivity index (χ3v) is 7.75. The number of alkyl halides is 3. The van der Waals surface area contributed by atoms with Crippen LogP contribution in [0.4, 0.5) is 13.2 Å². The highest BCUT2D eigenvalue weighted by Crippen LogP contribution is 2.41. The largest absolute Gasteiger partial charge is 0.494 e. The van der Waals surface area contributed by atoms with Crippen molar-refractivity contribution in [3.05, 3.63) is 92.3 Å². The number of esters is 1. The van der Waals surface area contributed by atoms with Gasteiger partial charge in [-0.2, -0.15) is 13.2 Å². The lowest BCUT2D eigenvalue weighted by atomic mass is 10.0. The molecular formula is C34H34F3NO6. The summed E-state index contributed by atoms with van der Waals surface area (Å²) in [6.45, 7) is 9.14. The number of benzene rings is 3. The maximum Gasteiger partial charge on any atom is 0.453 e.